The van der Waals surface area contributed by atoms with E-state index in [4.69, 9.17) is 0 Å². The first-order valence-corrected chi connectivity index (χ1v) is 7.54. The molecule has 20 heavy (non-hydrogen) atoms. The summed E-state index contributed by atoms with van der Waals surface area (Å²) < 4.78 is 1.80. The number of hydrogen-bond acceptors (Lipinski definition) is 3. The van der Waals surface area contributed by atoms with Crippen molar-refractivity contribution in [2.45, 2.75) is 45.2 Å². The molecule has 5 heteroatoms. The van der Waals surface area contributed by atoms with Crippen molar-refractivity contribution in [3.63, 3.8) is 0 Å². The van der Waals surface area contributed by atoms with Crippen LogP contribution in [0.15, 0.2) is 12.4 Å². The highest BCUT2D eigenvalue weighted by atomic mass is 16.2. The van der Waals surface area contributed by atoms with Gasteiger partial charge in [-0.25, -0.2) is 0 Å². The highest BCUT2D eigenvalue weighted by Gasteiger charge is 2.24. The van der Waals surface area contributed by atoms with Gasteiger partial charge in [-0.1, -0.05) is 12.8 Å². The van der Waals surface area contributed by atoms with Crippen LogP contribution in [0.25, 0.3) is 0 Å². The standard InChI is InChI=1S/C15H26N4O/c1-13(15(20)19-8-6-4-5-7-9-19)17(2)11-14-10-16-18(3)12-14/h10,12-13H,4-9,11H2,1-3H3. The summed E-state index contributed by atoms with van der Waals surface area (Å²) in [4.78, 5) is 16.7. The quantitative estimate of drug-likeness (QED) is 0.841. The highest BCUT2D eigenvalue weighted by Crippen LogP contribution is 2.13. The van der Waals surface area contributed by atoms with Crippen molar-refractivity contribution in [2.24, 2.45) is 7.05 Å². The van der Waals surface area contributed by atoms with Crippen molar-refractivity contribution in [3.8, 4) is 0 Å². The van der Waals surface area contributed by atoms with Crippen LogP contribution in [0.2, 0.25) is 0 Å². The molecule has 5 nitrogen and oxygen atoms in total. The molecule has 1 saturated heterocycles. The van der Waals surface area contributed by atoms with Gasteiger partial charge in [0.25, 0.3) is 0 Å². The lowest BCUT2D eigenvalue weighted by molar-refractivity contribution is -0.136. The van der Waals surface area contributed by atoms with Crippen molar-refractivity contribution in [2.75, 3.05) is 20.1 Å². The molecule has 1 aromatic heterocycles. The van der Waals surface area contributed by atoms with E-state index in [0.717, 1.165) is 38.0 Å². The zero-order chi connectivity index (χ0) is 14.5. The Bertz CT molecular complexity index is 435. The maximum atomic E-state index is 12.6. The van der Waals surface area contributed by atoms with Crippen molar-refractivity contribution in [1.29, 1.82) is 0 Å². The lowest BCUT2D eigenvalue weighted by Gasteiger charge is -2.29. The first kappa shape index (κ1) is 15.0. The Labute approximate surface area is 121 Å². The molecule has 1 fully saturated rings. The fourth-order valence-corrected chi connectivity index (χ4v) is 2.72. The van der Waals surface area contributed by atoms with Gasteiger partial charge in [0, 0.05) is 38.4 Å². The molecule has 0 aromatic carbocycles. The average molecular weight is 278 g/mol. The number of rotatable bonds is 4. The molecule has 1 aliphatic rings. The average Bonchev–Trinajstić information content (AvgIpc) is 2.69. The third-order valence-electron chi connectivity index (χ3n) is 4.13. The summed E-state index contributed by atoms with van der Waals surface area (Å²) >= 11 is 0. The Balaban J connectivity index is 1.91. The molecule has 0 saturated carbocycles. The van der Waals surface area contributed by atoms with Crippen LogP contribution in [0.3, 0.4) is 0 Å². The summed E-state index contributed by atoms with van der Waals surface area (Å²) in [6, 6.07) is -0.0756. The smallest absolute Gasteiger partial charge is 0.239 e. The van der Waals surface area contributed by atoms with Crippen LogP contribution in [0.1, 0.15) is 38.2 Å². The molecule has 1 unspecified atom stereocenters. The molecule has 2 rings (SSSR count). The van der Waals surface area contributed by atoms with Gasteiger partial charge in [-0.05, 0) is 26.8 Å². The third kappa shape index (κ3) is 3.82. The third-order valence-corrected chi connectivity index (χ3v) is 4.13. The number of carbonyl (C=O) groups excluding carboxylic acids is 1. The van der Waals surface area contributed by atoms with Crippen LogP contribution in [-0.4, -0.2) is 51.7 Å². The number of likely N-dealkylation sites (tertiary alicyclic amines) is 1. The molecule has 2 heterocycles. The lowest BCUT2D eigenvalue weighted by atomic mass is 10.2. The fourth-order valence-electron chi connectivity index (χ4n) is 2.72. The molecule has 1 amide bonds. The van der Waals surface area contributed by atoms with E-state index in [1.807, 2.05) is 38.3 Å². The predicted octanol–water partition coefficient (Wildman–Crippen LogP) is 1.64. The number of likely N-dealkylation sites (N-methyl/N-ethyl adjacent to an activating group) is 1. The van der Waals surface area contributed by atoms with Gasteiger partial charge in [0.2, 0.25) is 5.91 Å². The Kier molecular flexibility index (Phi) is 5.17. The van der Waals surface area contributed by atoms with Gasteiger partial charge in [-0.3, -0.25) is 14.4 Å². The molecular formula is C15H26N4O. The highest BCUT2D eigenvalue weighted by molar-refractivity contribution is 5.81. The van der Waals surface area contributed by atoms with Crippen molar-refractivity contribution >= 4 is 5.91 Å². The summed E-state index contributed by atoms with van der Waals surface area (Å²) in [6.07, 6.45) is 8.65. The van der Waals surface area contributed by atoms with E-state index in [2.05, 4.69) is 10.00 Å². The minimum Gasteiger partial charge on any atom is -0.341 e. The topological polar surface area (TPSA) is 41.4 Å². The maximum absolute atomic E-state index is 12.6. The van der Waals surface area contributed by atoms with E-state index in [9.17, 15) is 4.79 Å². The van der Waals surface area contributed by atoms with Crippen LogP contribution < -0.4 is 0 Å². The summed E-state index contributed by atoms with van der Waals surface area (Å²) in [6.45, 7) is 4.60. The first-order chi connectivity index (χ1) is 9.58. The minimum absolute atomic E-state index is 0.0756. The second kappa shape index (κ2) is 6.88. The van der Waals surface area contributed by atoms with Crippen molar-refractivity contribution in [1.82, 2.24) is 19.6 Å². The van der Waals surface area contributed by atoms with Gasteiger partial charge in [-0.15, -0.1) is 0 Å². The van der Waals surface area contributed by atoms with Crippen molar-refractivity contribution in [3.05, 3.63) is 18.0 Å². The maximum Gasteiger partial charge on any atom is 0.239 e. The summed E-state index contributed by atoms with van der Waals surface area (Å²) in [5, 5.41) is 4.17. The summed E-state index contributed by atoms with van der Waals surface area (Å²) in [7, 11) is 3.92. The van der Waals surface area contributed by atoms with Gasteiger partial charge in [0.15, 0.2) is 0 Å². The Hall–Kier alpha value is -1.36. The predicted molar refractivity (Wildman–Crippen MR) is 79.2 cm³/mol. The molecule has 1 aliphatic heterocycles. The molecule has 1 atom stereocenters. The van der Waals surface area contributed by atoms with Crippen LogP contribution in [0.5, 0.6) is 0 Å². The van der Waals surface area contributed by atoms with E-state index < -0.39 is 0 Å². The number of amides is 1. The fraction of sp³-hybridized carbons (Fsp3) is 0.733. The molecule has 0 N–H and O–H groups in total. The van der Waals surface area contributed by atoms with Crippen LogP contribution in [0, 0.1) is 0 Å². The zero-order valence-electron chi connectivity index (χ0n) is 12.9. The molecule has 0 spiro atoms. The molecule has 0 aliphatic carbocycles. The van der Waals surface area contributed by atoms with E-state index in [1.54, 1.807) is 4.68 Å². The minimum atomic E-state index is -0.0756. The largest absolute Gasteiger partial charge is 0.341 e. The van der Waals surface area contributed by atoms with Gasteiger partial charge in [0.1, 0.15) is 0 Å². The Morgan fingerprint density at radius 3 is 2.55 bits per heavy atom. The molecular weight excluding hydrogens is 252 g/mol. The number of nitrogens with zero attached hydrogens (tertiary/aromatic N) is 4. The lowest BCUT2D eigenvalue weighted by Crippen LogP contribution is -2.45. The number of aromatic nitrogens is 2. The SMILES string of the molecule is CC(C(=O)N1CCCCCC1)N(C)Cc1cnn(C)c1. The van der Waals surface area contributed by atoms with Gasteiger partial charge >= 0.3 is 0 Å². The Morgan fingerprint density at radius 2 is 2.00 bits per heavy atom. The van der Waals surface area contributed by atoms with Gasteiger partial charge in [-0.2, -0.15) is 5.10 Å². The van der Waals surface area contributed by atoms with E-state index in [-0.39, 0.29) is 11.9 Å². The summed E-state index contributed by atoms with van der Waals surface area (Å²) in [5.41, 5.74) is 1.14. The normalized spacial score (nSPS) is 18.1. The second-order valence-corrected chi connectivity index (χ2v) is 5.85. The zero-order valence-corrected chi connectivity index (χ0v) is 12.9. The van der Waals surface area contributed by atoms with Crippen LogP contribution >= 0.6 is 0 Å². The molecule has 0 bridgehead atoms. The number of aryl methyl sites for hydroxylation is 1. The second-order valence-electron chi connectivity index (χ2n) is 5.85. The molecule has 112 valence electrons. The van der Waals surface area contributed by atoms with E-state index >= 15 is 0 Å². The van der Waals surface area contributed by atoms with E-state index in [1.165, 1.54) is 12.8 Å². The van der Waals surface area contributed by atoms with Crippen LogP contribution in [-0.2, 0) is 18.4 Å². The summed E-state index contributed by atoms with van der Waals surface area (Å²) in [5.74, 6) is 0.262. The van der Waals surface area contributed by atoms with Gasteiger partial charge in [0.05, 0.1) is 12.2 Å². The molecule has 1 aromatic rings. The Morgan fingerprint density at radius 1 is 1.35 bits per heavy atom. The monoisotopic (exact) mass is 278 g/mol. The molecule has 0 radical (unpaired) electrons. The van der Waals surface area contributed by atoms with Crippen LogP contribution in [0.4, 0.5) is 0 Å². The van der Waals surface area contributed by atoms with Gasteiger partial charge < -0.3 is 4.90 Å². The first-order valence-electron chi connectivity index (χ1n) is 7.54. The number of carbonyl (C=O) groups is 1. The van der Waals surface area contributed by atoms with E-state index in [0.29, 0.717) is 0 Å². The van der Waals surface area contributed by atoms with Crippen molar-refractivity contribution < 1.29 is 4.79 Å². The number of hydrogen-bond donors (Lipinski definition) is 0.